The standard InChI is InChI=1S/C26H21BrSi/c1-18-10-14-20(15-11-18)28(21-16-12-19(2)13-17-21)24-8-4-3-6-22(24)26-23(27)7-5-9-25(26)28/h3-17H,1-2H3. The van der Waals surface area contributed by atoms with Gasteiger partial charge in [-0.15, -0.1) is 0 Å². The van der Waals surface area contributed by atoms with Crippen LogP contribution in [0.2, 0.25) is 0 Å². The lowest BCUT2D eigenvalue weighted by molar-refractivity contribution is 1.48. The fourth-order valence-corrected chi connectivity index (χ4v) is 10.6. The van der Waals surface area contributed by atoms with Crippen LogP contribution < -0.4 is 20.7 Å². The van der Waals surface area contributed by atoms with Gasteiger partial charge in [0.15, 0.2) is 8.07 Å². The van der Waals surface area contributed by atoms with E-state index < -0.39 is 8.07 Å². The first kappa shape index (κ1) is 17.7. The Morgan fingerprint density at radius 2 is 1.11 bits per heavy atom. The van der Waals surface area contributed by atoms with Crippen LogP contribution in [0.15, 0.2) is 95.5 Å². The molecular formula is C26H21BrSi. The SMILES string of the molecule is Cc1ccc([Si]2(c3ccc(C)cc3)c3ccccc3-c3c(Br)cccc32)cc1. The van der Waals surface area contributed by atoms with Crippen LogP contribution in [0.3, 0.4) is 0 Å². The zero-order chi connectivity index (χ0) is 19.3. The molecule has 0 bridgehead atoms. The molecule has 0 aromatic heterocycles. The monoisotopic (exact) mass is 440 g/mol. The number of rotatable bonds is 2. The molecule has 0 nitrogen and oxygen atoms in total. The zero-order valence-electron chi connectivity index (χ0n) is 16.0. The van der Waals surface area contributed by atoms with E-state index in [1.807, 2.05) is 0 Å². The number of hydrogen-bond acceptors (Lipinski definition) is 0. The van der Waals surface area contributed by atoms with E-state index in [4.69, 9.17) is 0 Å². The van der Waals surface area contributed by atoms with Crippen molar-refractivity contribution >= 4 is 44.8 Å². The number of hydrogen-bond donors (Lipinski definition) is 0. The van der Waals surface area contributed by atoms with Crippen LogP contribution in [0.25, 0.3) is 11.1 Å². The summed E-state index contributed by atoms with van der Waals surface area (Å²) in [6.45, 7) is 4.33. The molecule has 0 fully saturated rings. The molecule has 136 valence electrons. The second kappa shape index (κ2) is 6.58. The van der Waals surface area contributed by atoms with E-state index in [1.165, 1.54) is 47.5 Å². The predicted octanol–water partition coefficient (Wildman–Crippen LogP) is 4.42. The summed E-state index contributed by atoms with van der Waals surface area (Å²) >= 11 is 3.86. The molecule has 1 heterocycles. The zero-order valence-corrected chi connectivity index (χ0v) is 18.6. The van der Waals surface area contributed by atoms with Crippen LogP contribution in [0, 0.1) is 13.8 Å². The minimum atomic E-state index is -2.33. The third-order valence-corrected chi connectivity index (χ3v) is 11.5. The lowest BCUT2D eigenvalue weighted by Crippen LogP contribution is -2.72. The van der Waals surface area contributed by atoms with Crippen LogP contribution in [0.4, 0.5) is 0 Å². The van der Waals surface area contributed by atoms with Gasteiger partial charge < -0.3 is 0 Å². The maximum Gasteiger partial charge on any atom is 0.180 e. The molecule has 28 heavy (non-hydrogen) atoms. The Hall–Kier alpha value is -2.42. The first-order chi connectivity index (χ1) is 13.6. The molecule has 0 amide bonds. The Balaban J connectivity index is 1.97. The minimum Gasteiger partial charge on any atom is -0.0623 e. The molecule has 0 saturated carbocycles. The van der Waals surface area contributed by atoms with E-state index in [2.05, 4.69) is 121 Å². The molecule has 1 aliphatic heterocycles. The van der Waals surface area contributed by atoms with Gasteiger partial charge in [-0.3, -0.25) is 0 Å². The summed E-state index contributed by atoms with van der Waals surface area (Å²) in [7, 11) is -2.33. The van der Waals surface area contributed by atoms with Crippen molar-refractivity contribution in [3.8, 4) is 11.1 Å². The fourth-order valence-electron chi connectivity index (χ4n) is 4.68. The van der Waals surface area contributed by atoms with Gasteiger partial charge in [0.05, 0.1) is 0 Å². The van der Waals surface area contributed by atoms with E-state index in [0.29, 0.717) is 0 Å². The van der Waals surface area contributed by atoms with Gasteiger partial charge in [-0.25, -0.2) is 0 Å². The van der Waals surface area contributed by atoms with Crippen molar-refractivity contribution in [2.75, 3.05) is 0 Å². The molecule has 2 heteroatoms. The molecular weight excluding hydrogens is 420 g/mol. The van der Waals surface area contributed by atoms with Gasteiger partial charge in [-0.05, 0) is 51.8 Å². The average molecular weight is 441 g/mol. The fraction of sp³-hybridized carbons (Fsp3) is 0.0769. The second-order valence-electron chi connectivity index (χ2n) is 7.69. The van der Waals surface area contributed by atoms with Crippen molar-refractivity contribution in [2.24, 2.45) is 0 Å². The van der Waals surface area contributed by atoms with Gasteiger partial charge >= 0.3 is 0 Å². The van der Waals surface area contributed by atoms with Crippen LogP contribution >= 0.6 is 15.9 Å². The van der Waals surface area contributed by atoms with E-state index >= 15 is 0 Å². The number of halogens is 1. The van der Waals surface area contributed by atoms with Gasteiger partial charge in [-0.1, -0.05) is 112 Å². The summed E-state index contributed by atoms with van der Waals surface area (Å²) in [6, 6.07) is 34.2. The third kappa shape index (κ3) is 2.41. The lowest BCUT2D eigenvalue weighted by atomic mass is 10.1. The number of benzene rings is 4. The third-order valence-electron chi connectivity index (χ3n) is 5.99. The predicted molar refractivity (Wildman–Crippen MR) is 126 cm³/mol. The molecule has 4 aromatic rings. The van der Waals surface area contributed by atoms with Crippen molar-refractivity contribution < 1.29 is 0 Å². The van der Waals surface area contributed by atoms with Crippen LogP contribution in [0.1, 0.15) is 11.1 Å². The van der Waals surface area contributed by atoms with E-state index in [-0.39, 0.29) is 0 Å². The highest BCUT2D eigenvalue weighted by molar-refractivity contribution is 9.10. The molecule has 4 aromatic carbocycles. The normalized spacial score (nSPS) is 13.8. The molecule has 0 spiro atoms. The molecule has 0 unspecified atom stereocenters. The van der Waals surface area contributed by atoms with Crippen molar-refractivity contribution in [1.29, 1.82) is 0 Å². The maximum absolute atomic E-state index is 3.86. The molecule has 1 aliphatic rings. The van der Waals surface area contributed by atoms with Crippen molar-refractivity contribution in [3.63, 3.8) is 0 Å². The van der Waals surface area contributed by atoms with Crippen molar-refractivity contribution in [3.05, 3.63) is 107 Å². The molecule has 5 rings (SSSR count). The van der Waals surface area contributed by atoms with Gasteiger partial charge in [0.1, 0.15) is 0 Å². The van der Waals surface area contributed by atoms with E-state index in [9.17, 15) is 0 Å². The van der Waals surface area contributed by atoms with E-state index in [0.717, 1.165) is 0 Å². The largest absolute Gasteiger partial charge is 0.180 e. The average Bonchev–Trinajstić information content (AvgIpc) is 3.02. The van der Waals surface area contributed by atoms with Gasteiger partial charge in [0.25, 0.3) is 0 Å². The van der Waals surface area contributed by atoms with Gasteiger partial charge in [-0.2, -0.15) is 0 Å². The van der Waals surface area contributed by atoms with Crippen LogP contribution in [0.5, 0.6) is 0 Å². The molecule has 0 aliphatic carbocycles. The number of fused-ring (bicyclic) bond motifs is 3. The smallest absolute Gasteiger partial charge is 0.0623 e. The minimum absolute atomic E-state index is 1.19. The van der Waals surface area contributed by atoms with Crippen LogP contribution in [-0.4, -0.2) is 8.07 Å². The Bertz CT molecular complexity index is 1130. The van der Waals surface area contributed by atoms with Gasteiger partial charge in [0.2, 0.25) is 0 Å². The molecule has 0 atom stereocenters. The topological polar surface area (TPSA) is 0 Å². The van der Waals surface area contributed by atoms with Crippen molar-refractivity contribution in [1.82, 2.24) is 0 Å². The first-order valence-electron chi connectivity index (χ1n) is 9.65. The highest BCUT2D eigenvalue weighted by Crippen LogP contribution is 2.33. The number of aryl methyl sites for hydroxylation is 2. The Kier molecular flexibility index (Phi) is 4.15. The molecule has 0 N–H and O–H groups in total. The summed E-state index contributed by atoms with van der Waals surface area (Å²) in [4.78, 5) is 0. The Morgan fingerprint density at radius 1 is 0.571 bits per heavy atom. The Labute approximate surface area is 176 Å². The second-order valence-corrected chi connectivity index (χ2v) is 12.3. The van der Waals surface area contributed by atoms with Crippen LogP contribution in [-0.2, 0) is 0 Å². The highest BCUT2D eigenvalue weighted by atomic mass is 79.9. The summed E-state index contributed by atoms with van der Waals surface area (Å²) in [5.74, 6) is 0. The Morgan fingerprint density at radius 3 is 1.71 bits per heavy atom. The van der Waals surface area contributed by atoms with Crippen molar-refractivity contribution in [2.45, 2.75) is 13.8 Å². The molecule has 0 saturated heterocycles. The lowest BCUT2D eigenvalue weighted by Gasteiger charge is -2.31. The summed E-state index contributed by atoms with van der Waals surface area (Å²) in [5.41, 5.74) is 5.35. The summed E-state index contributed by atoms with van der Waals surface area (Å²) in [5, 5.41) is 5.87. The highest BCUT2D eigenvalue weighted by Gasteiger charge is 2.48. The molecule has 0 radical (unpaired) electrons. The summed E-state index contributed by atoms with van der Waals surface area (Å²) in [6.07, 6.45) is 0. The summed E-state index contributed by atoms with van der Waals surface area (Å²) < 4.78 is 1.19. The quantitative estimate of drug-likeness (QED) is 0.356. The van der Waals surface area contributed by atoms with E-state index in [1.54, 1.807) is 0 Å². The first-order valence-corrected chi connectivity index (χ1v) is 12.4. The van der Waals surface area contributed by atoms with Gasteiger partial charge in [0, 0.05) is 4.47 Å². The maximum atomic E-state index is 3.86.